The first-order valence-electron chi connectivity index (χ1n) is 17.4. The van der Waals surface area contributed by atoms with Crippen molar-refractivity contribution in [3.8, 4) is 0 Å². The van der Waals surface area contributed by atoms with Crippen LogP contribution in [0.2, 0.25) is 0 Å². The van der Waals surface area contributed by atoms with E-state index in [1.54, 1.807) is 0 Å². The van der Waals surface area contributed by atoms with Gasteiger partial charge in [0.1, 0.15) is 42.3 Å². The van der Waals surface area contributed by atoms with Gasteiger partial charge in [-0.3, -0.25) is 43.2 Å². The second-order valence-corrected chi connectivity index (χ2v) is 13.0. The fraction of sp³-hybridized carbons (Fsp3) is 0.656. The van der Waals surface area contributed by atoms with Crippen LogP contribution in [0, 0.1) is 0 Å². The molecule has 22 heteroatoms. The molecule has 1 aliphatic heterocycles. The average Bonchev–Trinajstić information content (AvgIpc) is 3.08. The summed E-state index contributed by atoms with van der Waals surface area (Å²) >= 11 is 0. The van der Waals surface area contributed by atoms with Gasteiger partial charge in [0.2, 0.25) is 53.2 Å². The Hall–Kier alpha value is -5.19. The lowest BCUT2D eigenvalue weighted by molar-refractivity contribution is -0.138. The van der Waals surface area contributed by atoms with Crippen LogP contribution in [0.1, 0.15) is 66.2 Å². The zero-order chi connectivity index (χ0) is 41.3. The van der Waals surface area contributed by atoms with Crippen molar-refractivity contribution in [1.82, 2.24) is 37.2 Å². The summed E-state index contributed by atoms with van der Waals surface area (Å²) in [4.78, 5) is 116. The minimum atomic E-state index is -1.76. The summed E-state index contributed by atoms with van der Waals surface area (Å²) in [6.07, 6.45) is -0.533. The summed E-state index contributed by atoms with van der Waals surface area (Å²) in [6, 6.07) is -11.8. The summed E-state index contributed by atoms with van der Waals surface area (Å²) in [5.74, 6) is -8.86. The SMILES string of the molecule is C[C@H](NC(=O)[C@@H]1C/C=C\C[C@H](NC(=O)[C@@H](N)CCCCN)C(=O)N[C@@H](CC(N)=O)C(=O)N[C@@H]([C@@H](C)O)C(=O)N[C@@H](C)C(=O)N[C@@H]([C@@H](C)O)C(=O)N1)C(N)=O. The largest absolute Gasteiger partial charge is 0.391 e. The molecule has 1 heterocycles. The van der Waals surface area contributed by atoms with Crippen LogP contribution in [0.15, 0.2) is 12.2 Å². The van der Waals surface area contributed by atoms with Crippen LogP contribution in [0.3, 0.4) is 0 Å². The molecule has 0 saturated carbocycles. The molecule has 0 aromatic carbocycles. The van der Waals surface area contributed by atoms with Crippen molar-refractivity contribution in [1.29, 1.82) is 0 Å². The third-order valence-electron chi connectivity index (χ3n) is 8.18. The van der Waals surface area contributed by atoms with Crippen molar-refractivity contribution in [3.05, 3.63) is 12.2 Å². The normalized spacial score (nSPS) is 26.5. The lowest BCUT2D eigenvalue weighted by Crippen LogP contribution is -2.62. The molecule has 0 aromatic rings. The van der Waals surface area contributed by atoms with Gasteiger partial charge in [0.25, 0.3) is 0 Å². The molecule has 1 aliphatic rings. The van der Waals surface area contributed by atoms with Gasteiger partial charge >= 0.3 is 0 Å². The Morgan fingerprint density at radius 1 is 0.796 bits per heavy atom. The smallest absolute Gasteiger partial charge is 0.245 e. The monoisotopic (exact) mass is 769 g/mol. The minimum absolute atomic E-state index is 0.218. The van der Waals surface area contributed by atoms with Crippen molar-refractivity contribution in [3.63, 3.8) is 0 Å². The lowest BCUT2D eigenvalue weighted by atomic mass is 10.0. The summed E-state index contributed by atoms with van der Waals surface area (Å²) in [5.41, 5.74) is 22.1. The number of hydrogen-bond donors (Lipinski definition) is 13. The molecule has 0 radical (unpaired) electrons. The van der Waals surface area contributed by atoms with E-state index in [-0.39, 0.29) is 19.3 Å². The zero-order valence-electron chi connectivity index (χ0n) is 30.8. The number of aliphatic hydroxyl groups excluding tert-OH is 2. The predicted molar refractivity (Wildman–Crippen MR) is 190 cm³/mol. The predicted octanol–water partition coefficient (Wildman–Crippen LogP) is -6.65. The number of aliphatic hydroxyl groups is 2. The fourth-order valence-electron chi connectivity index (χ4n) is 4.89. The highest BCUT2D eigenvalue weighted by Gasteiger charge is 2.35. The van der Waals surface area contributed by atoms with Gasteiger partial charge in [0.15, 0.2) is 0 Å². The third kappa shape index (κ3) is 15.8. The van der Waals surface area contributed by atoms with Gasteiger partial charge in [-0.1, -0.05) is 18.6 Å². The Morgan fingerprint density at radius 2 is 1.35 bits per heavy atom. The van der Waals surface area contributed by atoms with E-state index in [0.717, 1.165) is 6.92 Å². The lowest BCUT2D eigenvalue weighted by Gasteiger charge is -2.28. The van der Waals surface area contributed by atoms with E-state index in [1.807, 2.05) is 0 Å². The van der Waals surface area contributed by atoms with Gasteiger partial charge in [-0.2, -0.15) is 0 Å². The summed E-state index contributed by atoms with van der Waals surface area (Å²) in [7, 11) is 0. The molecule has 0 unspecified atom stereocenters. The Kier molecular flexibility index (Phi) is 19.8. The quantitative estimate of drug-likeness (QED) is 0.0613. The van der Waals surface area contributed by atoms with Crippen LogP contribution in [-0.2, 0) is 43.2 Å². The number of rotatable bonds is 13. The molecule has 0 aromatic heterocycles. The van der Waals surface area contributed by atoms with E-state index in [2.05, 4.69) is 37.2 Å². The first kappa shape index (κ1) is 46.8. The molecule has 0 saturated heterocycles. The van der Waals surface area contributed by atoms with Crippen molar-refractivity contribution in [2.24, 2.45) is 22.9 Å². The number of primary amides is 2. The van der Waals surface area contributed by atoms with Crippen LogP contribution < -0.4 is 60.2 Å². The maximum absolute atomic E-state index is 13.6. The standard InChI is InChI=1S/C32H55N11O11/c1-14(25(36)47)37-28(50)19-10-5-6-11-20(39-27(49)18(34)9-7-8-12-33)29(51)41-21(13-22(35)46)30(52)43-23(16(3)44)31(53)38-15(2)26(48)42-24(17(4)45)32(54)40-19/h5-6,14-21,23-24,44-45H,7-13,33-34H2,1-4H3,(H2,35,46)(H2,36,47)(H,37,50)(H,38,53)(H,39,49)(H,40,54)(H,41,51)(H,42,48)(H,43,52)/b6-5-/t14-,15-,16+,17+,18-,19-,20-,21-,23-,24-/m0/s1. The highest BCUT2D eigenvalue weighted by Crippen LogP contribution is 2.07. The van der Waals surface area contributed by atoms with E-state index in [9.17, 15) is 53.4 Å². The minimum Gasteiger partial charge on any atom is -0.391 e. The Labute approximate surface area is 312 Å². The second-order valence-electron chi connectivity index (χ2n) is 13.0. The zero-order valence-corrected chi connectivity index (χ0v) is 30.8. The number of carbonyl (C=O) groups is 9. The number of amides is 9. The average molecular weight is 770 g/mol. The van der Waals surface area contributed by atoms with E-state index in [4.69, 9.17) is 22.9 Å². The summed E-state index contributed by atoms with van der Waals surface area (Å²) in [5, 5.41) is 37.0. The summed E-state index contributed by atoms with van der Waals surface area (Å²) in [6.45, 7) is 5.15. The van der Waals surface area contributed by atoms with Gasteiger partial charge < -0.3 is 70.4 Å². The molecule has 0 spiro atoms. The Bertz CT molecular complexity index is 1410. The topological polar surface area (TPSA) is 382 Å². The maximum atomic E-state index is 13.6. The second kappa shape index (κ2) is 22.8. The van der Waals surface area contributed by atoms with E-state index >= 15 is 0 Å². The molecule has 9 amide bonds. The van der Waals surface area contributed by atoms with Crippen LogP contribution in [0.5, 0.6) is 0 Å². The number of carbonyl (C=O) groups excluding carboxylic acids is 9. The highest BCUT2D eigenvalue weighted by molar-refractivity contribution is 5.99. The Morgan fingerprint density at radius 3 is 1.89 bits per heavy atom. The van der Waals surface area contributed by atoms with E-state index in [1.165, 1.54) is 32.9 Å². The van der Waals surface area contributed by atoms with Crippen LogP contribution in [-0.4, -0.2) is 130 Å². The molecule has 0 fully saturated rings. The molecular weight excluding hydrogens is 714 g/mol. The van der Waals surface area contributed by atoms with Crippen LogP contribution in [0.4, 0.5) is 0 Å². The summed E-state index contributed by atoms with van der Waals surface area (Å²) < 4.78 is 0. The molecule has 0 bridgehead atoms. The fourth-order valence-corrected chi connectivity index (χ4v) is 4.89. The molecule has 304 valence electrons. The maximum Gasteiger partial charge on any atom is 0.245 e. The number of hydrogen-bond acceptors (Lipinski definition) is 13. The molecule has 22 nitrogen and oxygen atoms in total. The van der Waals surface area contributed by atoms with Gasteiger partial charge in [0.05, 0.1) is 24.7 Å². The highest BCUT2D eigenvalue weighted by atomic mass is 16.3. The molecule has 17 N–H and O–H groups in total. The van der Waals surface area contributed by atoms with Crippen molar-refractivity contribution in [2.45, 2.75) is 127 Å². The Balaban J connectivity index is 3.72. The van der Waals surface area contributed by atoms with Crippen molar-refractivity contribution < 1.29 is 53.4 Å². The van der Waals surface area contributed by atoms with E-state index in [0.29, 0.717) is 19.4 Å². The van der Waals surface area contributed by atoms with E-state index < -0.39 is 120 Å². The molecular formula is C32H55N11O11. The number of nitrogens with one attached hydrogen (secondary N) is 7. The van der Waals surface area contributed by atoms with Crippen LogP contribution >= 0.6 is 0 Å². The molecule has 0 aliphatic carbocycles. The molecule has 1 rings (SSSR count). The van der Waals surface area contributed by atoms with Gasteiger partial charge in [0, 0.05) is 0 Å². The number of nitrogens with two attached hydrogens (primary N) is 4. The first-order chi connectivity index (χ1) is 25.2. The molecule has 10 atom stereocenters. The molecule has 54 heavy (non-hydrogen) atoms. The number of unbranched alkanes of at least 4 members (excludes halogenated alkanes) is 1. The van der Waals surface area contributed by atoms with Crippen LogP contribution in [0.25, 0.3) is 0 Å². The van der Waals surface area contributed by atoms with Gasteiger partial charge in [-0.15, -0.1) is 0 Å². The van der Waals surface area contributed by atoms with Crippen molar-refractivity contribution in [2.75, 3.05) is 6.54 Å². The van der Waals surface area contributed by atoms with Gasteiger partial charge in [-0.25, -0.2) is 0 Å². The first-order valence-corrected chi connectivity index (χ1v) is 17.4. The van der Waals surface area contributed by atoms with Crippen molar-refractivity contribution >= 4 is 53.2 Å². The third-order valence-corrected chi connectivity index (χ3v) is 8.18. The van der Waals surface area contributed by atoms with Gasteiger partial charge in [-0.05, 0) is 59.9 Å².